The molecule has 0 radical (unpaired) electrons. The van der Waals surface area contributed by atoms with Gasteiger partial charge in [0.1, 0.15) is 0 Å². The fourth-order valence-corrected chi connectivity index (χ4v) is 3.19. The summed E-state index contributed by atoms with van der Waals surface area (Å²) in [6, 6.07) is 4.12. The number of anilines is 1. The lowest BCUT2D eigenvalue weighted by Gasteiger charge is -2.16. The minimum atomic E-state index is 0.298. The number of ether oxygens (including phenoxy) is 3. The molecule has 1 heterocycles. The first-order chi connectivity index (χ1) is 10.2. The highest BCUT2D eigenvalue weighted by atomic mass is 16.5. The molecule has 6 nitrogen and oxygen atoms in total. The number of hydrogen-bond acceptors (Lipinski definition) is 5. The molecule has 2 N–H and O–H groups in total. The first-order valence-electron chi connectivity index (χ1n) is 7.10. The Morgan fingerprint density at radius 2 is 1.86 bits per heavy atom. The Hall–Kier alpha value is -1.95. The lowest BCUT2D eigenvalue weighted by Crippen LogP contribution is -2.11. The molecule has 1 aliphatic rings. The van der Waals surface area contributed by atoms with E-state index >= 15 is 0 Å². The Balaban J connectivity index is 2.08. The minimum Gasteiger partial charge on any atom is -0.493 e. The molecule has 1 aromatic heterocycles. The van der Waals surface area contributed by atoms with Gasteiger partial charge in [-0.1, -0.05) is 0 Å². The van der Waals surface area contributed by atoms with Gasteiger partial charge in [-0.2, -0.15) is 0 Å². The van der Waals surface area contributed by atoms with Crippen LogP contribution in [0.25, 0.3) is 11.0 Å². The van der Waals surface area contributed by atoms with E-state index in [9.17, 15) is 0 Å². The van der Waals surface area contributed by atoms with Crippen LogP contribution in [0, 0.1) is 0 Å². The van der Waals surface area contributed by atoms with Crippen LogP contribution < -0.4 is 15.2 Å². The number of hydrogen-bond donors (Lipinski definition) is 1. The minimum absolute atomic E-state index is 0.298. The summed E-state index contributed by atoms with van der Waals surface area (Å²) in [6.07, 6.45) is 3.35. The molecule has 3 rings (SSSR count). The van der Waals surface area contributed by atoms with Crippen LogP contribution in [-0.4, -0.2) is 37.0 Å². The van der Waals surface area contributed by atoms with E-state index in [4.69, 9.17) is 19.9 Å². The molecule has 2 atom stereocenters. The second-order valence-electron chi connectivity index (χ2n) is 5.36. The van der Waals surface area contributed by atoms with Crippen LogP contribution in [0.3, 0.4) is 0 Å². The predicted molar refractivity (Wildman–Crippen MR) is 80.9 cm³/mol. The highest BCUT2D eigenvalue weighted by molar-refractivity contribution is 5.82. The van der Waals surface area contributed by atoms with Gasteiger partial charge in [0.2, 0.25) is 5.95 Å². The number of nitrogens with zero attached hydrogens (tertiary/aromatic N) is 2. The fourth-order valence-electron chi connectivity index (χ4n) is 3.19. The molecule has 6 heteroatoms. The van der Waals surface area contributed by atoms with E-state index in [1.807, 2.05) is 12.1 Å². The number of imidazole rings is 1. The Morgan fingerprint density at radius 3 is 2.48 bits per heavy atom. The van der Waals surface area contributed by atoms with Crippen molar-refractivity contribution in [2.75, 3.05) is 27.1 Å². The summed E-state index contributed by atoms with van der Waals surface area (Å²) in [5, 5.41) is 0. The second kappa shape index (κ2) is 5.44. The van der Waals surface area contributed by atoms with Crippen LogP contribution >= 0.6 is 0 Å². The van der Waals surface area contributed by atoms with Crippen molar-refractivity contribution in [3.05, 3.63) is 12.1 Å². The van der Waals surface area contributed by atoms with Gasteiger partial charge in [0.25, 0.3) is 0 Å². The average Bonchev–Trinajstić information content (AvgIpc) is 3.08. The number of benzene rings is 1. The smallest absolute Gasteiger partial charge is 0.201 e. The average molecular weight is 291 g/mol. The van der Waals surface area contributed by atoms with Gasteiger partial charge in [0.05, 0.1) is 31.4 Å². The van der Waals surface area contributed by atoms with Crippen molar-refractivity contribution in [1.82, 2.24) is 9.55 Å². The Kier molecular flexibility index (Phi) is 3.63. The van der Waals surface area contributed by atoms with E-state index in [1.165, 1.54) is 0 Å². The van der Waals surface area contributed by atoms with E-state index in [0.29, 0.717) is 29.6 Å². The van der Waals surface area contributed by atoms with Crippen LogP contribution in [0.1, 0.15) is 25.3 Å². The van der Waals surface area contributed by atoms with Crippen molar-refractivity contribution < 1.29 is 14.2 Å². The Bertz CT molecular complexity index is 653. The summed E-state index contributed by atoms with van der Waals surface area (Å²) in [6.45, 7) is 0. The van der Waals surface area contributed by atoms with E-state index in [-0.39, 0.29) is 0 Å². The molecule has 2 aromatic rings. The first kappa shape index (κ1) is 14.0. The lowest BCUT2D eigenvalue weighted by molar-refractivity contribution is 0.106. The van der Waals surface area contributed by atoms with Crippen LogP contribution in [0.2, 0.25) is 0 Å². The van der Waals surface area contributed by atoms with Crippen molar-refractivity contribution in [3.8, 4) is 11.5 Å². The number of rotatable bonds is 4. The van der Waals surface area contributed by atoms with Gasteiger partial charge in [-0.05, 0) is 19.3 Å². The maximum absolute atomic E-state index is 6.13. The number of methoxy groups -OCH3 is 3. The molecule has 1 fully saturated rings. The molecule has 0 aliphatic heterocycles. The van der Waals surface area contributed by atoms with Gasteiger partial charge in [-0.25, -0.2) is 4.98 Å². The standard InChI is InChI=1S/C15H21N3O3/c1-19-10-5-4-9(6-10)18-12-8-14(21-3)13(20-2)7-11(12)17-15(18)16/h7-10H,4-6H2,1-3H3,(H2,16,17). The molecule has 21 heavy (non-hydrogen) atoms. The normalized spacial score (nSPS) is 21.9. The molecule has 0 bridgehead atoms. The maximum atomic E-state index is 6.13. The summed E-state index contributed by atoms with van der Waals surface area (Å²) < 4.78 is 18.2. The number of aromatic nitrogens is 2. The molecule has 1 saturated carbocycles. The molecular formula is C15H21N3O3. The van der Waals surface area contributed by atoms with Crippen molar-refractivity contribution >= 4 is 17.0 Å². The second-order valence-corrected chi connectivity index (χ2v) is 5.36. The van der Waals surface area contributed by atoms with E-state index in [2.05, 4.69) is 9.55 Å². The van der Waals surface area contributed by atoms with Crippen LogP contribution in [0.15, 0.2) is 12.1 Å². The lowest BCUT2D eigenvalue weighted by atomic mass is 10.2. The van der Waals surface area contributed by atoms with Crippen molar-refractivity contribution in [1.29, 1.82) is 0 Å². The highest BCUT2D eigenvalue weighted by Crippen LogP contribution is 2.39. The zero-order chi connectivity index (χ0) is 15.0. The van der Waals surface area contributed by atoms with Gasteiger partial charge >= 0.3 is 0 Å². The maximum Gasteiger partial charge on any atom is 0.201 e. The summed E-state index contributed by atoms with van der Waals surface area (Å²) >= 11 is 0. The molecule has 1 aromatic carbocycles. The first-order valence-corrected chi connectivity index (χ1v) is 7.10. The zero-order valence-corrected chi connectivity index (χ0v) is 12.6. The fraction of sp³-hybridized carbons (Fsp3) is 0.533. The van der Waals surface area contributed by atoms with Crippen LogP contribution in [-0.2, 0) is 4.74 Å². The van der Waals surface area contributed by atoms with Gasteiger partial charge in [0.15, 0.2) is 11.5 Å². The highest BCUT2D eigenvalue weighted by Gasteiger charge is 2.28. The van der Waals surface area contributed by atoms with Crippen molar-refractivity contribution in [2.45, 2.75) is 31.4 Å². The molecule has 0 spiro atoms. The predicted octanol–water partition coefficient (Wildman–Crippen LogP) is 2.38. The zero-order valence-electron chi connectivity index (χ0n) is 12.6. The number of nitrogens with two attached hydrogens (primary N) is 1. The molecule has 1 aliphatic carbocycles. The summed E-state index contributed by atoms with van der Waals surface area (Å²) in [7, 11) is 5.00. The third kappa shape index (κ3) is 2.29. The summed E-state index contributed by atoms with van der Waals surface area (Å²) in [5.74, 6) is 1.88. The van der Waals surface area contributed by atoms with E-state index < -0.39 is 0 Å². The third-order valence-corrected chi connectivity index (χ3v) is 4.28. The number of fused-ring (bicyclic) bond motifs is 1. The van der Waals surface area contributed by atoms with Gasteiger partial charge in [-0.15, -0.1) is 0 Å². The van der Waals surface area contributed by atoms with E-state index in [1.54, 1.807) is 21.3 Å². The number of nitrogen functional groups attached to an aromatic ring is 1. The van der Waals surface area contributed by atoms with Gasteiger partial charge < -0.3 is 24.5 Å². The molecule has 114 valence electrons. The van der Waals surface area contributed by atoms with Crippen LogP contribution in [0.4, 0.5) is 5.95 Å². The van der Waals surface area contributed by atoms with Gasteiger partial charge in [0, 0.05) is 25.3 Å². The van der Waals surface area contributed by atoms with E-state index in [0.717, 1.165) is 30.3 Å². The summed E-state index contributed by atoms with van der Waals surface area (Å²) in [4.78, 5) is 4.46. The third-order valence-electron chi connectivity index (χ3n) is 4.28. The SMILES string of the molecule is COc1cc2nc(N)n(C3CCC(OC)C3)c2cc1OC. The Labute approximate surface area is 123 Å². The van der Waals surface area contributed by atoms with Gasteiger partial charge in [-0.3, -0.25) is 0 Å². The monoisotopic (exact) mass is 291 g/mol. The molecular weight excluding hydrogens is 270 g/mol. The van der Waals surface area contributed by atoms with Crippen molar-refractivity contribution in [2.24, 2.45) is 0 Å². The largest absolute Gasteiger partial charge is 0.493 e. The topological polar surface area (TPSA) is 71.5 Å². The Morgan fingerprint density at radius 1 is 1.14 bits per heavy atom. The summed E-state index contributed by atoms with van der Waals surface area (Å²) in [5.41, 5.74) is 7.94. The molecule has 0 amide bonds. The van der Waals surface area contributed by atoms with Crippen LogP contribution in [0.5, 0.6) is 11.5 Å². The van der Waals surface area contributed by atoms with Crippen molar-refractivity contribution in [3.63, 3.8) is 0 Å². The quantitative estimate of drug-likeness (QED) is 0.936. The molecule has 2 unspecified atom stereocenters. The molecule has 0 saturated heterocycles.